The summed E-state index contributed by atoms with van der Waals surface area (Å²) in [5.74, 6) is 0.788. The number of nitrogens with one attached hydrogen (secondary N) is 1. The van der Waals surface area contributed by atoms with Gasteiger partial charge >= 0.3 is 5.69 Å². The molecule has 36 heavy (non-hydrogen) atoms. The van der Waals surface area contributed by atoms with Crippen molar-refractivity contribution in [3.63, 3.8) is 0 Å². The van der Waals surface area contributed by atoms with E-state index < -0.39 is 5.54 Å². The normalized spacial score (nSPS) is 14.6. The summed E-state index contributed by atoms with van der Waals surface area (Å²) in [6, 6.07) is 15.2. The Labute approximate surface area is 211 Å². The molecular formula is C27H35N5O4. The molecule has 1 amide bonds. The maximum absolute atomic E-state index is 13.5. The van der Waals surface area contributed by atoms with E-state index in [-0.39, 0.29) is 18.1 Å². The summed E-state index contributed by atoms with van der Waals surface area (Å²) in [6.07, 6.45) is 0.922. The molecule has 9 nitrogen and oxygen atoms in total. The first kappa shape index (κ1) is 25.7. The Morgan fingerprint density at radius 2 is 1.83 bits per heavy atom. The lowest BCUT2D eigenvalue weighted by Gasteiger charge is -2.26. The average Bonchev–Trinajstić information content (AvgIpc) is 3.18. The van der Waals surface area contributed by atoms with Gasteiger partial charge in [-0.25, -0.2) is 4.79 Å². The number of benzene rings is 2. The van der Waals surface area contributed by atoms with Crippen molar-refractivity contribution in [3.8, 4) is 22.8 Å². The van der Waals surface area contributed by atoms with Gasteiger partial charge in [0.2, 0.25) is 5.91 Å². The standard InChI is InChI=1S/C27H35N5O4/c1-27(2,3)28-24(33)19-31-25(21-6-5-7-23(18-21)35-4)29-32(26(31)34)22-10-8-20(9-11-22)12-13-30-14-16-36-17-15-30/h5-11,18H,12-17,19H2,1-4H3,(H,28,33). The van der Waals surface area contributed by atoms with Crippen LogP contribution in [-0.4, -0.2) is 70.7 Å². The van der Waals surface area contributed by atoms with Crippen LogP contribution in [0.3, 0.4) is 0 Å². The van der Waals surface area contributed by atoms with Gasteiger partial charge < -0.3 is 14.8 Å². The van der Waals surface area contributed by atoms with Crippen LogP contribution in [0.2, 0.25) is 0 Å². The summed E-state index contributed by atoms with van der Waals surface area (Å²) in [4.78, 5) is 28.6. The SMILES string of the molecule is COc1cccc(-c2nn(-c3ccc(CCN4CCOCC4)cc3)c(=O)n2CC(=O)NC(C)(C)C)c1. The number of morpholine rings is 1. The third-order valence-corrected chi connectivity index (χ3v) is 6.01. The van der Waals surface area contributed by atoms with Crippen molar-refractivity contribution in [3.05, 3.63) is 64.6 Å². The zero-order valence-electron chi connectivity index (χ0n) is 21.5. The Hall–Kier alpha value is -3.43. The maximum atomic E-state index is 13.5. The van der Waals surface area contributed by atoms with Gasteiger partial charge in [0.1, 0.15) is 12.3 Å². The molecule has 0 saturated carbocycles. The zero-order chi connectivity index (χ0) is 25.7. The van der Waals surface area contributed by atoms with Gasteiger partial charge in [-0.1, -0.05) is 24.3 Å². The molecule has 1 saturated heterocycles. The number of hydrogen-bond acceptors (Lipinski definition) is 6. The molecule has 0 spiro atoms. The minimum Gasteiger partial charge on any atom is -0.497 e. The molecule has 1 aliphatic rings. The van der Waals surface area contributed by atoms with Crippen LogP contribution in [0.4, 0.5) is 0 Å². The fraction of sp³-hybridized carbons (Fsp3) is 0.444. The fourth-order valence-corrected chi connectivity index (χ4v) is 4.20. The summed E-state index contributed by atoms with van der Waals surface area (Å²) >= 11 is 0. The van der Waals surface area contributed by atoms with Crippen LogP contribution in [0.15, 0.2) is 53.3 Å². The molecule has 1 aromatic heterocycles. The first-order valence-corrected chi connectivity index (χ1v) is 12.3. The predicted octanol–water partition coefficient (Wildman–Crippen LogP) is 2.50. The molecule has 1 aliphatic heterocycles. The molecule has 1 fully saturated rings. The maximum Gasteiger partial charge on any atom is 0.351 e. The highest BCUT2D eigenvalue weighted by molar-refractivity contribution is 5.77. The van der Waals surface area contributed by atoms with E-state index >= 15 is 0 Å². The van der Waals surface area contributed by atoms with Gasteiger partial charge in [0.25, 0.3) is 0 Å². The molecule has 0 radical (unpaired) electrons. The van der Waals surface area contributed by atoms with Crippen molar-refractivity contribution < 1.29 is 14.3 Å². The average molecular weight is 494 g/mol. The van der Waals surface area contributed by atoms with Gasteiger partial charge in [0.15, 0.2) is 5.82 Å². The molecule has 2 aromatic carbocycles. The summed E-state index contributed by atoms with van der Waals surface area (Å²) in [5.41, 5.74) is 1.74. The quantitative estimate of drug-likeness (QED) is 0.519. The van der Waals surface area contributed by atoms with Gasteiger partial charge in [-0.2, -0.15) is 4.68 Å². The zero-order valence-corrected chi connectivity index (χ0v) is 21.5. The predicted molar refractivity (Wildman–Crippen MR) is 139 cm³/mol. The van der Waals surface area contributed by atoms with Crippen LogP contribution in [0.1, 0.15) is 26.3 Å². The van der Waals surface area contributed by atoms with Crippen molar-refractivity contribution in [2.45, 2.75) is 39.3 Å². The monoisotopic (exact) mass is 493 g/mol. The number of carbonyl (C=O) groups excluding carboxylic acids is 1. The molecule has 9 heteroatoms. The lowest BCUT2D eigenvalue weighted by Crippen LogP contribution is -2.43. The number of ether oxygens (including phenoxy) is 2. The molecule has 0 bridgehead atoms. The van der Waals surface area contributed by atoms with E-state index in [4.69, 9.17) is 9.47 Å². The number of carbonyl (C=O) groups is 1. The van der Waals surface area contributed by atoms with Crippen LogP contribution < -0.4 is 15.7 Å². The number of hydrogen-bond donors (Lipinski definition) is 1. The number of methoxy groups -OCH3 is 1. The van der Waals surface area contributed by atoms with E-state index in [1.54, 1.807) is 13.2 Å². The molecular weight excluding hydrogens is 458 g/mol. The van der Waals surface area contributed by atoms with Crippen LogP contribution in [0.25, 0.3) is 17.1 Å². The molecule has 0 unspecified atom stereocenters. The minimum atomic E-state index is -0.413. The van der Waals surface area contributed by atoms with Crippen LogP contribution >= 0.6 is 0 Å². The van der Waals surface area contributed by atoms with Crippen LogP contribution in [-0.2, 0) is 22.5 Å². The Bertz CT molecular complexity index is 1230. The Balaban J connectivity index is 1.62. The largest absolute Gasteiger partial charge is 0.497 e. The number of aromatic nitrogens is 3. The highest BCUT2D eigenvalue weighted by Gasteiger charge is 2.21. The summed E-state index contributed by atoms with van der Waals surface area (Å²) in [7, 11) is 1.59. The molecule has 192 valence electrons. The molecule has 1 N–H and O–H groups in total. The number of amides is 1. The number of nitrogens with zero attached hydrogens (tertiary/aromatic N) is 4. The summed E-state index contributed by atoms with van der Waals surface area (Å²) < 4.78 is 13.5. The van der Waals surface area contributed by atoms with E-state index in [0.717, 1.165) is 39.3 Å². The molecule has 4 rings (SSSR count). The van der Waals surface area contributed by atoms with Crippen molar-refractivity contribution in [2.24, 2.45) is 0 Å². The molecule has 0 aliphatic carbocycles. The van der Waals surface area contributed by atoms with Crippen LogP contribution in [0, 0.1) is 0 Å². The minimum absolute atomic E-state index is 0.139. The smallest absolute Gasteiger partial charge is 0.351 e. The molecule has 3 aromatic rings. The summed E-state index contributed by atoms with van der Waals surface area (Å²) in [6.45, 7) is 10.0. The van der Waals surface area contributed by atoms with Crippen molar-refractivity contribution in [1.29, 1.82) is 0 Å². The second-order valence-electron chi connectivity index (χ2n) is 10.0. The second-order valence-corrected chi connectivity index (χ2v) is 10.0. The lowest BCUT2D eigenvalue weighted by atomic mass is 10.1. The molecule has 2 heterocycles. The van der Waals surface area contributed by atoms with Crippen molar-refractivity contribution in [1.82, 2.24) is 24.6 Å². The van der Waals surface area contributed by atoms with Gasteiger partial charge in [-0.05, 0) is 57.0 Å². The van der Waals surface area contributed by atoms with Gasteiger partial charge in [0.05, 0.1) is 26.0 Å². The van der Waals surface area contributed by atoms with Crippen molar-refractivity contribution in [2.75, 3.05) is 40.0 Å². The third-order valence-electron chi connectivity index (χ3n) is 6.01. The first-order chi connectivity index (χ1) is 17.2. The van der Waals surface area contributed by atoms with E-state index in [0.29, 0.717) is 22.8 Å². The number of rotatable bonds is 8. The summed E-state index contributed by atoms with van der Waals surface area (Å²) in [5, 5.41) is 7.56. The lowest BCUT2D eigenvalue weighted by molar-refractivity contribution is -0.123. The van der Waals surface area contributed by atoms with E-state index in [1.807, 2.05) is 63.2 Å². The van der Waals surface area contributed by atoms with Gasteiger partial charge in [-0.3, -0.25) is 14.3 Å². The van der Waals surface area contributed by atoms with Gasteiger partial charge in [0, 0.05) is 30.7 Å². The van der Waals surface area contributed by atoms with Crippen LogP contribution in [0.5, 0.6) is 5.75 Å². The third kappa shape index (κ3) is 6.41. The highest BCUT2D eigenvalue weighted by Crippen LogP contribution is 2.22. The van der Waals surface area contributed by atoms with Gasteiger partial charge in [-0.15, -0.1) is 5.10 Å². The van der Waals surface area contributed by atoms with E-state index in [9.17, 15) is 9.59 Å². The first-order valence-electron chi connectivity index (χ1n) is 12.3. The highest BCUT2D eigenvalue weighted by atomic mass is 16.5. The fourth-order valence-electron chi connectivity index (χ4n) is 4.20. The Kier molecular flexibility index (Phi) is 7.91. The van der Waals surface area contributed by atoms with E-state index in [1.165, 1.54) is 14.8 Å². The second kappa shape index (κ2) is 11.1. The van der Waals surface area contributed by atoms with Crippen molar-refractivity contribution >= 4 is 5.91 Å². The van der Waals surface area contributed by atoms with E-state index in [2.05, 4.69) is 15.3 Å². The topological polar surface area (TPSA) is 90.6 Å². The Morgan fingerprint density at radius 3 is 2.50 bits per heavy atom. The molecule has 0 atom stereocenters. The Morgan fingerprint density at radius 1 is 1.11 bits per heavy atom.